The van der Waals surface area contributed by atoms with Gasteiger partial charge < -0.3 is 5.11 Å². The van der Waals surface area contributed by atoms with Crippen LogP contribution in [0, 0.1) is 11.6 Å². The van der Waals surface area contributed by atoms with E-state index in [1.54, 1.807) is 0 Å². The second kappa shape index (κ2) is 4.31. The summed E-state index contributed by atoms with van der Waals surface area (Å²) in [6.45, 7) is 0. The van der Waals surface area contributed by atoms with Crippen molar-refractivity contribution in [2.24, 2.45) is 5.10 Å². The lowest BCUT2D eigenvalue weighted by atomic mass is 10.3. The van der Waals surface area contributed by atoms with Crippen molar-refractivity contribution < 1.29 is 18.7 Å². The van der Waals surface area contributed by atoms with Gasteiger partial charge in [-0.3, -0.25) is 5.43 Å². The van der Waals surface area contributed by atoms with Gasteiger partial charge in [0, 0.05) is 6.07 Å². The molecule has 0 amide bonds. The molecule has 0 aliphatic carbocycles. The van der Waals surface area contributed by atoms with Crippen LogP contribution >= 0.6 is 0 Å². The second-order valence-electron chi connectivity index (χ2n) is 2.34. The number of hydrogen-bond acceptors (Lipinski definition) is 3. The molecule has 0 heterocycles. The van der Waals surface area contributed by atoms with E-state index < -0.39 is 17.6 Å². The Morgan fingerprint density at radius 1 is 1.43 bits per heavy atom. The van der Waals surface area contributed by atoms with Crippen molar-refractivity contribution in [1.82, 2.24) is 0 Å². The van der Waals surface area contributed by atoms with Crippen LogP contribution in [0.2, 0.25) is 0 Å². The number of rotatable bonds is 3. The van der Waals surface area contributed by atoms with Gasteiger partial charge in [0.25, 0.3) is 0 Å². The van der Waals surface area contributed by atoms with E-state index in [2.05, 4.69) is 10.5 Å². The number of carboxylic acids is 1. The zero-order chi connectivity index (χ0) is 10.6. The molecular formula is C8H6F2N2O2. The van der Waals surface area contributed by atoms with Gasteiger partial charge in [-0.15, -0.1) is 0 Å². The first-order valence-corrected chi connectivity index (χ1v) is 3.56. The van der Waals surface area contributed by atoms with Crippen LogP contribution in [0.1, 0.15) is 0 Å². The zero-order valence-corrected chi connectivity index (χ0v) is 6.87. The molecular weight excluding hydrogens is 194 g/mol. The number of aliphatic carboxylic acids is 1. The SMILES string of the molecule is O=C(O)/C=N\Nc1ccc(F)c(F)c1. The Morgan fingerprint density at radius 3 is 2.71 bits per heavy atom. The Labute approximate surface area is 77.9 Å². The summed E-state index contributed by atoms with van der Waals surface area (Å²) in [5.41, 5.74) is 2.39. The van der Waals surface area contributed by atoms with E-state index in [9.17, 15) is 13.6 Å². The fourth-order valence-corrected chi connectivity index (χ4v) is 0.728. The van der Waals surface area contributed by atoms with Crippen LogP contribution < -0.4 is 5.43 Å². The van der Waals surface area contributed by atoms with E-state index in [1.165, 1.54) is 6.07 Å². The van der Waals surface area contributed by atoms with Crippen molar-refractivity contribution in [3.63, 3.8) is 0 Å². The first-order chi connectivity index (χ1) is 6.59. The molecule has 1 rings (SSSR count). The Balaban J connectivity index is 2.69. The van der Waals surface area contributed by atoms with E-state index in [4.69, 9.17) is 5.11 Å². The van der Waals surface area contributed by atoms with Gasteiger partial charge in [-0.2, -0.15) is 5.10 Å². The molecule has 74 valence electrons. The van der Waals surface area contributed by atoms with Crippen molar-refractivity contribution in [3.8, 4) is 0 Å². The number of hydrazone groups is 1. The zero-order valence-electron chi connectivity index (χ0n) is 6.87. The molecule has 6 heteroatoms. The predicted molar refractivity (Wildman–Crippen MR) is 46.1 cm³/mol. The molecule has 0 spiro atoms. The molecule has 0 aliphatic heterocycles. The molecule has 0 radical (unpaired) electrons. The summed E-state index contributed by atoms with van der Waals surface area (Å²) in [5, 5.41) is 11.4. The van der Waals surface area contributed by atoms with Gasteiger partial charge >= 0.3 is 5.97 Å². The topological polar surface area (TPSA) is 61.7 Å². The van der Waals surface area contributed by atoms with E-state index in [0.29, 0.717) is 6.21 Å². The van der Waals surface area contributed by atoms with Crippen molar-refractivity contribution in [2.75, 3.05) is 5.43 Å². The largest absolute Gasteiger partial charge is 0.477 e. The highest BCUT2D eigenvalue weighted by molar-refractivity contribution is 6.22. The molecule has 0 atom stereocenters. The fourth-order valence-electron chi connectivity index (χ4n) is 0.728. The number of carbonyl (C=O) groups is 1. The minimum Gasteiger partial charge on any atom is -0.477 e. The number of nitrogens with zero attached hydrogens (tertiary/aromatic N) is 1. The first kappa shape index (κ1) is 10.1. The van der Waals surface area contributed by atoms with Crippen molar-refractivity contribution >= 4 is 17.9 Å². The highest BCUT2D eigenvalue weighted by atomic mass is 19.2. The average molecular weight is 200 g/mol. The number of nitrogens with one attached hydrogen (secondary N) is 1. The molecule has 14 heavy (non-hydrogen) atoms. The Hall–Kier alpha value is -1.98. The Kier molecular flexibility index (Phi) is 3.11. The quantitative estimate of drug-likeness (QED) is 0.573. The number of hydrogen-bond donors (Lipinski definition) is 2. The Bertz CT molecular complexity index is 380. The van der Waals surface area contributed by atoms with Gasteiger partial charge in [-0.05, 0) is 12.1 Å². The standard InChI is InChI=1S/C8H6F2N2O2/c9-6-2-1-5(3-7(6)10)12-11-4-8(13)14/h1-4,12H,(H,13,14)/b11-4-. The third-order valence-corrected chi connectivity index (χ3v) is 1.29. The van der Waals surface area contributed by atoms with Crippen LogP contribution in [0.25, 0.3) is 0 Å². The Morgan fingerprint density at radius 2 is 2.14 bits per heavy atom. The fraction of sp³-hybridized carbons (Fsp3) is 0. The second-order valence-corrected chi connectivity index (χ2v) is 2.34. The third kappa shape index (κ3) is 2.81. The van der Waals surface area contributed by atoms with Gasteiger partial charge in [0.15, 0.2) is 11.6 Å². The smallest absolute Gasteiger partial charge is 0.348 e. The van der Waals surface area contributed by atoms with Crippen LogP contribution in [0.4, 0.5) is 14.5 Å². The molecule has 0 saturated carbocycles. The van der Waals surface area contributed by atoms with Gasteiger partial charge in [0.05, 0.1) is 5.69 Å². The summed E-state index contributed by atoms with van der Waals surface area (Å²) in [4.78, 5) is 9.99. The molecule has 0 saturated heterocycles. The van der Waals surface area contributed by atoms with Crippen LogP contribution in [0.3, 0.4) is 0 Å². The number of anilines is 1. The number of carboxylic acid groups (broad SMARTS) is 1. The van der Waals surface area contributed by atoms with E-state index in [1.807, 2.05) is 0 Å². The van der Waals surface area contributed by atoms with Gasteiger partial charge in [0.1, 0.15) is 6.21 Å². The van der Waals surface area contributed by atoms with Gasteiger partial charge in [-0.25, -0.2) is 13.6 Å². The minimum atomic E-state index is -1.24. The van der Waals surface area contributed by atoms with E-state index in [-0.39, 0.29) is 5.69 Å². The lowest BCUT2D eigenvalue weighted by Crippen LogP contribution is -1.99. The summed E-state index contributed by atoms with van der Waals surface area (Å²) in [7, 11) is 0. The van der Waals surface area contributed by atoms with Gasteiger partial charge in [-0.1, -0.05) is 0 Å². The lowest BCUT2D eigenvalue weighted by molar-refractivity contribution is -0.128. The maximum atomic E-state index is 12.6. The molecule has 1 aromatic rings. The van der Waals surface area contributed by atoms with Crippen LogP contribution in [-0.2, 0) is 4.79 Å². The predicted octanol–water partition coefficient (Wildman–Crippen LogP) is 1.45. The number of halogens is 2. The third-order valence-electron chi connectivity index (χ3n) is 1.29. The lowest BCUT2D eigenvalue weighted by Gasteiger charge is -1.99. The molecule has 4 nitrogen and oxygen atoms in total. The highest BCUT2D eigenvalue weighted by Crippen LogP contribution is 2.12. The molecule has 0 aromatic heterocycles. The number of benzene rings is 1. The molecule has 0 fully saturated rings. The molecule has 2 N–H and O–H groups in total. The average Bonchev–Trinajstić information content (AvgIpc) is 2.10. The normalized spacial score (nSPS) is 10.4. The summed E-state index contributed by atoms with van der Waals surface area (Å²) >= 11 is 0. The monoisotopic (exact) mass is 200 g/mol. The van der Waals surface area contributed by atoms with Crippen LogP contribution in [0.5, 0.6) is 0 Å². The van der Waals surface area contributed by atoms with Crippen LogP contribution in [0.15, 0.2) is 23.3 Å². The van der Waals surface area contributed by atoms with Crippen molar-refractivity contribution in [2.45, 2.75) is 0 Å². The summed E-state index contributed by atoms with van der Waals surface area (Å²) < 4.78 is 25.0. The molecule has 1 aromatic carbocycles. The highest BCUT2D eigenvalue weighted by Gasteiger charge is 2.00. The van der Waals surface area contributed by atoms with Gasteiger partial charge in [0.2, 0.25) is 0 Å². The molecule has 0 bridgehead atoms. The van der Waals surface area contributed by atoms with E-state index in [0.717, 1.165) is 12.1 Å². The summed E-state index contributed by atoms with van der Waals surface area (Å²) in [6.07, 6.45) is 0.598. The molecule has 0 aliphatic rings. The summed E-state index contributed by atoms with van der Waals surface area (Å²) in [5.74, 6) is -3.24. The van der Waals surface area contributed by atoms with Crippen molar-refractivity contribution in [1.29, 1.82) is 0 Å². The first-order valence-electron chi connectivity index (χ1n) is 3.56. The van der Waals surface area contributed by atoms with E-state index >= 15 is 0 Å². The maximum absolute atomic E-state index is 12.6. The molecule has 0 unspecified atom stereocenters. The van der Waals surface area contributed by atoms with Crippen molar-refractivity contribution in [3.05, 3.63) is 29.8 Å². The summed E-state index contributed by atoms with van der Waals surface area (Å²) in [6, 6.07) is 3.01. The maximum Gasteiger partial charge on any atom is 0.348 e. The van der Waals surface area contributed by atoms with Crippen LogP contribution in [-0.4, -0.2) is 17.3 Å². The minimum absolute atomic E-state index is 0.168.